The Morgan fingerprint density at radius 2 is 1.65 bits per heavy atom. The van der Waals surface area contributed by atoms with Gasteiger partial charge in [-0.15, -0.1) is 0 Å². The summed E-state index contributed by atoms with van der Waals surface area (Å²) in [4.78, 5) is 45.1. The topological polar surface area (TPSA) is 70.2 Å². The lowest BCUT2D eigenvalue weighted by Gasteiger charge is -2.34. The number of nitrogens with zero attached hydrogens (tertiary/aromatic N) is 3. The number of amides is 3. The number of likely N-dealkylation sites (N-methyl/N-ethyl adjacent to an activating group) is 1. The number of carbonyl (C=O) groups is 3. The number of carbonyl (C=O) groups excluding carboxylic acids is 3. The summed E-state index contributed by atoms with van der Waals surface area (Å²) in [5, 5.41) is 0.680. The summed E-state index contributed by atoms with van der Waals surface area (Å²) in [5.74, 6) is -1.51. The smallest absolute Gasteiger partial charge is 0.419 e. The van der Waals surface area contributed by atoms with Gasteiger partial charge in [0.25, 0.3) is 5.91 Å². The van der Waals surface area contributed by atoms with Crippen LogP contribution in [0.3, 0.4) is 0 Å². The van der Waals surface area contributed by atoms with Crippen LogP contribution in [0.25, 0.3) is 0 Å². The Kier molecular flexibility index (Phi) is 8.66. The molecule has 2 aromatic carbocycles. The van der Waals surface area contributed by atoms with Gasteiger partial charge in [0.05, 0.1) is 28.8 Å². The Hall–Kier alpha value is -2.98. The molecule has 3 amide bonds. The highest BCUT2D eigenvalue weighted by Crippen LogP contribution is 2.47. The molecule has 2 heterocycles. The summed E-state index contributed by atoms with van der Waals surface area (Å²) in [6, 6.07) is 7.82. The molecule has 3 aliphatic rings. The SMILES string of the molecule is COc1ccc(C(=O)N(C)[C@H]2CN(C(=O)C3CCN(C(=O)C4(C)CC4)CC3)C[C@H]2c2ccc(Cl)c(Cl)c2)cc1C(F)(F)F. The molecule has 3 fully saturated rings. The van der Waals surface area contributed by atoms with Crippen molar-refractivity contribution in [3.05, 3.63) is 63.1 Å². The van der Waals surface area contributed by atoms with E-state index >= 15 is 0 Å². The van der Waals surface area contributed by atoms with Crippen molar-refractivity contribution in [1.29, 1.82) is 0 Å². The molecule has 2 aromatic rings. The molecule has 1 saturated carbocycles. The van der Waals surface area contributed by atoms with Crippen molar-refractivity contribution in [2.75, 3.05) is 40.3 Å². The zero-order valence-electron chi connectivity index (χ0n) is 24.2. The average molecular weight is 641 g/mol. The van der Waals surface area contributed by atoms with E-state index in [2.05, 4.69) is 0 Å². The first-order valence-electron chi connectivity index (χ1n) is 14.3. The van der Waals surface area contributed by atoms with Gasteiger partial charge in [-0.1, -0.05) is 36.2 Å². The van der Waals surface area contributed by atoms with E-state index in [0.29, 0.717) is 42.5 Å². The first kappa shape index (κ1) is 31.4. The molecule has 0 radical (unpaired) electrons. The van der Waals surface area contributed by atoms with E-state index in [9.17, 15) is 27.6 Å². The molecule has 0 bridgehead atoms. The van der Waals surface area contributed by atoms with E-state index < -0.39 is 23.7 Å². The predicted molar refractivity (Wildman–Crippen MR) is 156 cm³/mol. The molecule has 7 nitrogen and oxygen atoms in total. The third-order valence-corrected chi connectivity index (χ3v) is 9.93. The molecular formula is C31H34Cl2F3N3O4. The summed E-state index contributed by atoms with van der Waals surface area (Å²) in [7, 11) is 2.67. The maximum absolute atomic E-state index is 13.8. The van der Waals surface area contributed by atoms with Crippen molar-refractivity contribution in [1.82, 2.24) is 14.7 Å². The van der Waals surface area contributed by atoms with Crippen molar-refractivity contribution < 1.29 is 32.3 Å². The van der Waals surface area contributed by atoms with Gasteiger partial charge in [-0.2, -0.15) is 13.2 Å². The third kappa shape index (κ3) is 6.32. The lowest BCUT2D eigenvalue weighted by molar-refractivity contribution is -0.142. The zero-order valence-corrected chi connectivity index (χ0v) is 25.7. The number of methoxy groups -OCH3 is 1. The maximum atomic E-state index is 13.8. The van der Waals surface area contributed by atoms with Gasteiger partial charge in [-0.3, -0.25) is 14.4 Å². The third-order valence-electron chi connectivity index (χ3n) is 9.19. The molecule has 0 N–H and O–H groups in total. The standard InChI is InChI=1S/C31H34Cl2F3N3O4/c1-30(10-11-30)29(42)38-12-8-18(9-13-38)28(41)39-16-21(19-4-6-23(32)24(33)15-19)25(17-39)37(2)27(40)20-5-7-26(43-3)22(14-20)31(34,35)36/h4-7,14-15,18,21,25H,8-13,16-17H2,1-3H3/t21-,25-/m0/s1. The Bertz CT molecular complexity index is 1420. The van der Waals surface area contributed by atoms with Gasteiger partial charge < -0.3 is 19.4 Å². The zero-order chi connectivity index (χ0) is 31.3. The summed E-state index contributed by atoms with van der Waals surface area (Å²) >= 11 is 12.5. The van der Waals surface area contributed by atoms with Crippen LogP contribution in [0.15, 0.2) is 36.4 Å². The van der Waals surface area contributed by atoms with Crippen LogP contribution in [0, 0.1) is 11.3 Å². The lowest BCUT2D eigenvalue weighted by atomic mass is 9.92. The van der Waals surface area contributed by atoms with Crippen molar-refractivity contribution in [2.45, 2.75) is 50.7 Å². The quantitative estimate of drug-likeness (QED) is 0.382. The molecule has 2 aliphatic heterocycles. The fourth-order valence-corrected chi connectivity index (χ4v) is 6.52. The molecule has 12 heteroatoms. The first-order valence-corrected chi connectivity index (χ1v) is 15.0. The number of alkyl halides is 3. The fourth-order valence-electron chi connectivity index (χ4n) is 6.22. The van der Waals surface area contributed by atoms with Gasteiger partial charge in [0, 0.05) is 56.0 Å². The highest BCUT2D eigenvalue weighted by molar-refractivity contribution is 6.42. The number of benzene rings is 2. The van der Waals surface area contributed by atoms with E-state index in [-0.39, 0.29) is 46.9 Å². The molecular weight excluding hydrogens is 606 g/mol. The fraction of sp³-hybridized carbons (Fsp3) is 0.516. The van der Waals surface area contributed by atoms with Crippen LogP contribution in [0.5, 0.6) is 5.75 Å². The van der Waals surface area contributed by atoms with Crippen LogP contribution in [0.4, 0.5) is 13.2 Å². The normalized spacial score (nSPS) is 22.0. The minimum Gasteiger partial charge on any atom is -0.496 e. The lowest BCUT2D eigenvalue weighted by Crippen LogP contribution is -2.46. The largest absolute Gasteiger partial charge is 0.496 e. The Balaban J connectivity index is 1.37. The van der Waals surface area contributed by atoms with Crippen molar-refractivity contribution >= 4 is 40.9 Å². The van der Waals surface area contributed by atoms with Crippen LogP contribution >= 0.6 is 23.2 Å². The van der Waals surface area contributed by atoms with Crippen molar-refractivity contribution in [2.24, 2.45) is 11.3 Å². The second kappa shape index (κ2) is 11.8. The molecule has 2 atom stereocenters. The van der Waals surface area contributed by atoms with E-state index in [1.807, 2.05) is 11.8 Å². The van der Waals surface area contributed by atoms with Gasteiger partial charge in [0.1, 0.15) is 5.75 Å². The van der Waals surface area contributed by atoms with Crippen molar-refractivity contribution in [3.63, 3.8) is 0 Å². The number of ether oxygens (including phenoxy) is 1. The summed E-state index contributed by atoms with van der Waals surface area (Å²) < 4.78 is 45.9. The molecule has 5 rings (SSSR count). The molecule has 43 heavy (non-hydrogen) atoms. The number of piperidine rings is 1. The van der Waals surface area contributed by atoms with Gasteiger partial charge in [-0.25, -0.2) is 0 Å². The number of hydrogen-bond acceptors (Lipinski definition) is 4. The number of halogens is 5. The molecule has 0 unspecified atom stereocenters. The predicted octanol–water partition coefficient (Wildman–Crippen LogP) is 6.13. The number of rotatable bonds is 6. The Morgan fingerprint density at radius 1 is 0.977 bits per heavy atom. The van der Waals surface area contributed by atoms with Gasteiger partial charge in [0.15, 0.2) is 0 Å². The monoisotopic (exact) mass is 639 g/mol. The van der Waals surface area contributed by atoms with Crippen LogP contribution in [-0.2, 0) is 15.8 Å². The number of hydrogen-bond donors (Lipinski definition) is 0. The average Bonchev–Trinajstić information content (AvgIpc) is 3.59. The number of likely N-dealkylation sites (tertiary alicyclic amines) is 2. The van der Waals surface area contributed by atoms with Crippen LogP contribution in [0.2, 0.25) is 10.0 Å². The minimum absolute atomic E-state index is 0.0538. The summed E-state index contributed by atoms with van der Waals surface area (Å²) in [5.41, 5.74) is -0.680. The molecule has 232 valence electrons. The van der Waals surface area contributed by atoms with Crippen molar-refractivity contribution in [3.8, 4) is 5.75 Å². The van der Waals surface area contributed by atoms with Gasteiger partial charge in [-0.05, 0) is 61.6 Å². The van der Waals surface area contributed by atoms with E-state index in [1.165, 1.54) is 18.0 Å². The second-order valence-electron chi connectivity index (χ2n) is 12.0. The second-order valence-corrected chi connectivity index (χ2v) is 12.9. The highest BCUT2D eigenvalue weighted by atomic mass is 35.5. The van der Waals surface area contributed by atoms with Gasteiger partial charge >= 0.3 is 6.18 Å². The van der Waals surface area contributed by atoms with Crippen LogP contribution < -0.4 is 4.74 Å². The summed E-state index contributed by atoms with van der Waals surface area (Å²) in [6.45, 7) is 3.53. The maximum Gasteiger partial charge on any atom is 0.419 e. The van der Waals surface area contributed by atoms with E-state index in [1.54, 1.807) is 23.1 Å². The first-order chi connectivity index (χ1) is 20.2. The minimum atomic E-state index is -4.71. The summed E-state index contributed by atoms with van der Waals surface area (Å²) in [6.07, 6.45) is -1.80. The van der Waals surface area contributed by atoms with Gasteiger partial charge in [0.2, 0.25) is 11.8 Å². The Morgan fingerprint density at radius 3 is 2.23 bits per heavy atom. The molecule has 0 spiro atoms. The molecule has 1 aliphatic carbocycles. The van der Waals surface area contributed by atoms with Crippen LogP contribution in [0.1, 0.15) is 60.0 Å². The molecule has 2 saturated heterocycles. The van der Waals surface area contributed by atoms with Crippen LogP contribution in [-0.4, -0.2) is 78.8 Å². The van der Waals surface area contributed by atoms with E-state index in [4.69, 9.17) is 27.9 Å². The van der Waals surface area contributed by atoms with E-state index in [0.717, 1.165) is 37.6 Å². The highest BCUT2D eigenvalue weighted by Gasteiger charge is 2.48. The Labute approximate surface area is 258 Å². The molecule has 0 aromatic heterocycles.